The van der Waals surface area contributed by atoms with Crippen molar-refractivity contribution in [3.63, 3.8) is 0 Å². The van der Waals surface area contributed by atoms with Crippen LogP contribution in [0.4, 0.5) is 0 Å². The first-order chi connectivity index (χ1) is 13.0. The van der Waals surface area contributed by atoms with Gasteiger partial charge in [0.2, 0.25) is 6.79 Å². The van der Waals surface area contributed by atoms with Crippen molar-refractivity contribution in [1.82, 2.24) is 4.98 Å². The number of ether oxygens (including phenoxy) is 2. The van der Waals surface area contributed by atoms with E-state index in [1.807, 2.05) is 23.6 Å². The van der Waals surface area contributed by atoms with Crippen molar-refractivity contribution in [2.45, 2.75) is 0 Å². The number of thiazole rings is 1. The van der Waals surface area contributed by atoms with E-state index in [4.69, 9.17) is 32.7 Å². The normalized spacial score (nSPS) is 12.9. The average molecular weight is 417 g/mol. The maximum absolute atomic E-state index is 9.66. The molecule has 0 unspecified atom stereocenters. The number of phenolic OH excluding ortho intramolecular Hbond substituents is 1. The first-order valence-corrected chi connectivity index (χ1v) is 9.34. The molecule has 4 rings (SSSR count). The van der Waals surface area contributed by atoms with E-state index in [0.717, 1.165) is 11.3 Å². The number of rotatable bonds is 3. The molecular weight excluding hydrogens is 407 g/mol. The highest BCUT2D eigenvalue weighted by molar-refractivity contribution is 7.11. The van der Waals surface area contributed by atoms with E-state index in [1.165, 1.54) is 23.5 Å². The molecule has 0 fully saturated rings. The van der Waals surface area contributed by atoms with Crippen LogP contribution in [0.2, 0.25) is 10.0 Å². The lowest BCUT2D eigenvalue weighted by atomic mass is 10.1. The molecule has 2 aromatic carbocycles. The predicted molar refractivity (Wildman–Crippen MR) is 105 cm³/mol. The van der Waals surface area contributed by atoms with Gasteiger partial charge in [0, 0.05) is 10.9 Å². The predicted octanol–water partition coefficient (Wildman–Crippen LogP) is 5.62. The molecule has 0 saturated carbocycles. The molecule has 0 atom stereocenters. The molecule has 5 nitrogen and oxygen atoms in total. The Balaban J connectivity index is 1.68. The number of phenols is 1. The van der Waals surface area contributed by atoms with E-state index in [0.29, 0.717) is 27.6 Å². The van der Waals surface area contributed by atoms with E-state index >= 15 is 0 Å². The number of nitrogens with zero attached hydrogens (tertiary/aromatic N) is 2. The smallest absolute Gasteiger partial charge is 0.231 e. The van der Waals surface area contributed by atoms with Gasteiger partial charge in [-0.3, -0.25) is 0 Å². The van der Waals surface area contributed by atoms with E-state index in [9.17, 15) is 10.4 Å². The SMILES string of the molecule is N#CC(=Cc1cc(Cl)c(O)c(Cl)c1)c1nc(-c2ccc3c(c2)OCO3)cs1. The Labute approximate surface area is 168 Å². The molecule has 2 heterocycles. The van der Waals surface area contributed by atoms with Crippen molar-refractivity contribution in [2.75, 3.05) is 6.79 Å². The lowest BCUT2D eigenvalue weighted by Gasteiger charge is -2.02. The summed E-state index contributed by atoms with van der Waals surface area (Å²) >= 11 is 13.2. The number of hydrogen-bond donors (Lipinski definition) is 1. The molecule has 1 aliphatic heterocycles. The second kappa shape index (κ2) is 7.12. The highest BCUT2D eigenvalue weighted by atomic mass is 35.5. The third kappa shape index (κ3) is 3.45. The quantitative estimate of drug-likeness (QED) is 0.561. The van der Waals surface area contributed by atoms with Crippen LogP contribution in [0.1, 0.15) is 10.6 Å². The molecule has 1 aromatic heterocycles. The minimum absolute atomic E-state index is 0.117. The van der Waals surface area contributed by atoms with Crippen LogP contribution in [0.5, 0.6) is 17.2 Å². The van der Waals surface area contributed by atoms with Crippen molar-refractivity contribution < 1.29 is 14.6 Å². The van der Waals surface area contributed by atoms with Gasteiger partial charge in [0.1, 0.15) is 11.1 Å². The largest absolute Gasteiger partial charge is 0.505 e. The van der Waals surface area contributed by atoms with Crippen molar-refractivity contribution in [3.05, 3.63) is 56.3 Å². The molecular formula is C19H10Cl2N2O3S. The van der Waals surface area contributed by atoms with Crippen molar-refractivity contribution in [3.8, 4) is 34.6 Å². The molecule has 1 aliphatic rings. The van der Waals surface area contributed by atoms with Crippen LogP contribution in [0, 0.1) is 11.3 Å². The van der Waals surface area contributed by atoms with Crippen molar-refractivity contribution in [2.24, 2.45) is 0 Å². The molecule has 0 bridgehead atoms. The molecule has 0 saturated heterocycles. The number of nitriles is 1. The lowest BCUT2D eigenvalue weighted by molar-refractivity contribution is 0.174. The van der Waals surface area contributed by atoms with Crippen molar-refractivity contribution >= 4 is 46.2 Å². The summed E-state index contributed by atoms with van der Waals surface area (Å²) in [4.78, 5) is 4.55. The minimum Gasteiger partial charge on any atom is -0.505 e. The van der Waals surface area contributed by atoms with Gasteiger partial charge in [0.05, 0.1) is 21.3 Å². The Bertz CT molecular complexity index is 1100. The van der Waals surface area contributed by atoms with Gasteiger partial charge in [-0.15, -0.1) is 11.3 Å². The number of benzene rings is 2. The molecule has 0 amide bonds. The number of fused-ring (bicyclic) bond motifs is 1. The van der Waals surface area contributed by atoms with E-state index in [1.54, 1.807) is 6.08 Å². The fourth-order valence-corrected chi connectivity index (χ4v) is 3.86. The number of hydrogen-bond acceptors (Lipinski definition) is 6. The summed E-state index contributed by atoms with van der Waals surface area (Å²) in [6.07, 6.45) is 1.62. The highest BCUT2D eigenvalue weighted by Gasteiger charge is 2.16. The monoisotopic (exact) mass is 416 g/mol. The van der Waals surface area contributed by atoms with Crippen LogP contribution in [0.15, 0.2) is 35.7 Å². The second-order valence-electron chi connectivity index (χ2n) is 5.61. The fraction of sp³-hybridized carbons (Fsp3) is 0.0526. The third-order valence-electron chi connectivity index (χ3n) is 3.87. The summed E-state index contributed by atoms with van der Waals surface area (Å²) < 4.78 is 10.7. The molecule has 1 N–H and O–H groups in total. The summed E-state index contributed by atoms with van der Waals surface area (Å²) in [7, 11) is 0. The highest BCUT2D eigenvalue weighted by Crippen LogP contribution is 2.37. The molecule has 0 radical (unpaired) electrons. The maximum atomic E-state index is 9.66. The van der Waals surface area contributed by atoms with Gasteiger partial charge in [0.25, 0.3) is 0 Å². The second-order valence-corrected chi connectivity index (χ2v) is 7.28. The first-order valence-electron chi connectivity index (χ1n) is 7.71. The van der Waals surface area contributed by atoms with Crippen LogP contribution >= 0.6 is 34.5 Å². The summed E-state index contributed by atoms with van der Waals surface area (Å²) in [5.41, 5.74) is 2.56. The zero-order valence-corrected chi connectivity index (χ0v) is 15.9. The topological polar surface area (TPSA) is 75.4 Å². The van der Waals surface area contributed by atoms with Gasteiger partial charge in [-0.2, -0.15) is 5.26 Å². The Hall–Kier alpha value is -2.72. The van der Waals surface area contributed by atoms with E-state index in [2.05, 4.69) is 11.1 Å². The Morgan fingerprint density at radius 2 is 1.93 bits per heavy atom. The molecule has 0 aliphatic carbocycles. The van der Waals surface area contributed by atoms with Crippen LogP contribution in [0.3, 0.4) is 0 Å². The minimum atomic E-state index is -0.187. The Morgan fingerprint density at radius 3 is 2.67 bits per heavy atom. The summed E-state index contributed by atoms with van der Waals surface area (Å²) in [6.45, 7) is 0.209. The molecule has 134 valence electrons. The van der Waals surface area contributed by atoms with Crippen LogP contribution in [0.25, 0.3) is 22.9 Å². The van der Waals surface area contributed by atoms with Crippen molar-refractivity contribution in [1.29, 1.82) is 5.26 Å². The Morgan fingerprint density at radius 1 is 1.19 bits per heavy atom. The Kier molecular flexibility index (Phi) is 4.66. The van der Waals surface area contributed by atoms with Gasteiger partial charge < -0.3 is 14.6 Å². The van der Waals surface area contributed by atoms with Gasteiger partial charge in [-0.05, 0) is 42.0 Å². The third-order valence-corrected chi connectivity index (χ3v) is 5.33. The number of aromatic nitrogens is 1. The molecule has 3 aromatic rings. The van der Waals surface area contributed by atoms with Crippen LogP contribution in [-0.2, 0) is 0 Å². The summed E-state index contributed by atoms with van der Waals surface area (Å²) in [5.74, 6) is 1.19. The average Bonchev–Trinajstić information content (AvgIpc) is 3.32. The van der Waals surface area contributed by atoms with E-state index < -0.39 is 0 Å². The van der Waals surface area contributed by atoms with Gasteiger partial charge in [-0.1, -0.05) is 23.2 Å². The molecule has 8 heteroatoms. The maximum Gasteiger partial charge on any atom is 0.231 e. The standard InChI is InChI=1S/C19H10Cl2N2O3S/c20-13-4-10(5-14(21)18(13)24)3-12(7-22)19-23-15(8-27-19)11-1-2-16-17(6-11)26-9-25-16/h1-6,8,24H,9H2. The number of allylic oxidation sites excluding steroid dienone is 1. The zero-order chi connectivity index (χ0) is 19.0. The van der Waals surface area contributed by atoms with Crippen LogP contribution in [-0.4, -0.2) is 16.9 Å². The molecule has 27 heavy (non-hydrogen) atoms. The summed E-state index contributed by atoms with van der Waals surface area (Å²) in [5, 5.41) is 21.9. The van der Waals surface area contributed by atoms with Gasteiger partial charge in [0.15, 0.2) is 17.2 Å². The van der Waals surface area contributed by atoms with Crippen LogP contribution < -0.4 is 9.47 Å². The lowest BCUT2D eigenvalue weighted by Crippen LogP contribution is -1.92. The number of halogens is 2. The summed E-state index contributed by atoms with van der Waals surface area (Å²) in [6, 6.07) is 10.8. The zero-order valence-electron chi connectivity index (χ0n) is 13.6. The first kappa shape index (κ1) is 17.7. The molecule has 0 spiro atoms. The van der Waals surface area contributed by atoms with Gasteiger partial charge in [-0.25, -0.2) is 4.98 Å². The van der Waals surface area contributed by atoms with Gasteiger partial charge >= 0.3 is 0 Å². The number of aromatic hydroxyl groups is 1. The van der Waals surface area contributed by atoms with E-state index in [-0.39, 0.29) is 22.6 Å². The fourth-order valence-electron chi connectivity index (χ4n) is 2.56.